The van der Waals surface area contributed by atoms with Crippen LogP contribution in [0.1, 0.15) is 5.82 Å². The minimum Gasteiger partial charge on any atom is -0.702 e. The van der Waals surface area contributed by atoms with E-state index in [1.165, 1.54) is 5.69 Å². The van der Waals surface area contributed by atoms with Gasteiger partial charge in [0.25, 0.3) is 0 Å². The Hall–Kier alpha value is -1.62. The molecular formula is C12H16N4S. The molecule has 0 unspecified atom stereocenters. The fraction of sp³-hybridized carbons (Fsp3) is 0.333. The first-order valence-electron chi connectivity index (χ1n) is 5.41. The van der Waals surface area contributed by atoms with Crippen molar-refractivity contribution >= 4 is 18.3 Å². The topological polar surface area (TPSA) is 24.9 Å². The van der Waals surface area contributed by atoms with E-state index < -0.39 is 0 Å². The van der Waals surface area contributed by atoms with E-state index in [-0.39, 0.29) is 0 Å². The number of benzene rings is 1. The summed E-state index contributed by atoms with van der Waals surface area (Å²) in [6.07, 6.45) is 0. The van der Waals surface area contributed by atoms with Gasteiger partial charge in [-0.2, -0.15) is 0 Å². The Bertz CT molecular complexity index is 528. The van der Waals surface area contributed by atoms with Crippen LogP contribution in [0.4, 0.5) is 5.69 Å². The van der Waals surface area contributed by atoms with Crippen LogP contribution < -0.4 is 9.47 Å². The maximum absolute atomic E-state index is 5.25. The molecule has 2 aromatic rings. The van der Waals surface area contributed by atoms with E-state index in [9.17, 15) is 0 Å². The van der Waals surface area contributed by atoms with Crippen molar-refractivity contribution < 1.29 is 4.57 Å². The molecule has 0 aliphatic heterocycles. The molecule has 0 bridgehead atoms. The smallest absolute Gasteiger partial charge is 0.236 e. The molecule has 0 aliphatic carbocycles. The van der Waals surface area contributed by atoms with Crippen molar-refractivity contribution in [1.82, 2.24) is 9.78 Å². The van der Waals surface area contributed by atoms with Crippen LogP contribution in [0.2, 0.25) is 0 Å². The van der Waals surface area contributed by atoms with E-state index in [1.54, 1.807) is 4.68 Å². The molecule has 0 fully saturated rings. The molecular weight excluding hydrogens is 232 g/mol. The normalized spacial score (nSPS) is 10.6. The molecule has 0 saturated heterocycles. The minimum absolute atomic E-state index is 0.586. The molecule has 2 rings (SSSR count). The summed E-state index contributed by atoms with van der Waals surface area (Å²) in [5, 5.41) is 4.81. The Morgan fingerprint density at radius 2 is 1.82 bits per heavy atom. The SMILES string of the molecule is Cc1n(C)nc([S-])[n+]1-c1ccc(N(C)C)cc1. The largest absolute Gasteiger partial charge is 0.702 e. The molecule has 0 N–H and O–H groups in total. The maximum atomic E-state index is 5.25. The highest BCUT2D eigenvalue weighted by molar-refractivity contribution is 7.58. The summed E-state index contributed by atoms with van der Waals surface area (Å²) in [5.74, 6) is 1.02. The van der Waals surface area contributed by atoms with Gasteiger partial charge in [-0.3, -0.25) is 0 Å². The van der Waals surface area contributed by atoms with Gasteiger partial charge in [0, 0.05) is 31.8 Å². The Kier molecular flexibility index (Phi) is 3.02. The molecule has 1 heterocycles. The van der Waals surface area contributed by atoms with Gasteiger partial charge >= 0.3 is 0 Å². The second kappa shape index (κ2) is 4.33. The molecule has 17 heavy (non-hydrogen) atoms. The summed E-state index contributed by atoms with van der Waals surface area (Å²) in [7, 11) is 5.95. The van der Waals surface area contributed by atoms with Gasteiger partial charge in [0.15, 0.2) is 5.16 Å². The number of hydrogen-bond donors (Lipinski definition) is 0. The molecule has 90 valence electrons. The first kappa shape index (κ1) is 11.9. The van der Waals surface area contributed by atoms with E-state index in [0.717, 1.165) is 11.5 Å². The van der Waals surface area contributed by atoms with Crippen molar-refractivity contribution in [3.8, 4) is 5.69 Å². The van der Waals surface area contributed by atoms with Crippen LogP contribution in [0.25, 0.3) is 5.69 Å². The van der Waals surface area contributed by atoms with Gasteiger partial charge in [-0.1, -0.05) is 0 Å². The van der Waals surface area contributed by atoms with Crippen LogP contribution >= 0.6 is 0 Å². The number of nitrogens with zero attached hydrogens (tertiary/aromatic N) is 4. The van der Waals surface area contributed by atoms with Crippen LogP contribution in [0.15, 0.2) is 29.4 Å². The highest BCUT2D eigenvalue weighted by Crippen LogP contribution is 2.13. The lowest BCUT2D eigenvalue weighted by Gasteiger charge is -2.12. The molecule has 0 atom stereocenters. The van der Waals surface area contributed by atoms with E-state index >= 15 is 0 Å². The summed E-state index contributed by atoms with van der Waals surface area (Å²) in [6.45, 7) is 2.00. The van der Waals surface area contributed by atoms with Gasteiger partial charge in [-0.15, -0.1) is 4.68 Å². The molecule has 1 aromatic heterocycles. The van der Waals surface area contributed by atoms with Gasteiger partial charge in [0.2, 0.25) is 5.82 Å². The number of rotatable bonds is 2. The molecule has 0 saturated carbocycles. The zero-order valence-corrected chi connectivity index (χ0v) is 11.3. The second-order valence-electron chi connectivity index (χ2n) is 4.20. The van der Waals surface area contributed by atoms with E-state index in [1.807, 2.05) is 32.6 Å². The zero-order chi connectivity index (χ0) is 12.6. The fourth-order valence-corrected chi connectivity index (χ4v) is 2.09. The maximum Gasteiger partial charge on any atom is 0.236 e. The lowest BCUT2D eigenvalue weighted by Crippen LogP contribution is -2.35. The monoisotopic (exact) mass is 248 g/mol. The van der Waals surface area contributed by atoms with Crippen LogP contribution in [0.5, 0.6) is 0 Å². The minimum atomic E-state index is 0.586. The van der Waals surface area contributed by atoms with Gasteiger partial charge in [0.05, 0.1) is 7.05 Å². The molecule has 0 amide bonds. The van der Waals surface area contributed by atoms with Crippen molar-refractivity contribution in [2.75, 3.05) is 19.0 Å². The molecule has 0 radical (unpaired) electrons. The first-order valence-corrected chi connectivity index (χ1v) is 5.82. The average Bonchev–Trinajstić information content (AvgIpc) is 2.53. The summed E-state index contributed by atoms with van der Waals surface area (Å²) >= 11 is 5.25. The lowest BCUT2D eigenvalue weighted by atomic mass is 10.2. The standard InChI is InChI=1S/C12H16N4S/c1-9-15(4)13-12(17)16(9)11-7-5-10(6-8-11)14(2)3/h5-8H,1-4H3. The number of hydrogen-bond acceptors (Lipinski definition) is 3. The Labute approximate surface area is 107 Å². The first-order chi connectivity index (χ1) is 8.00. The van der Waals surface area contributed by atoms with Gasteiger partial charge in [0.1, 0.15) is 5.69 Å². The third-order valence-electron chi connectivity index (χ3n) is 2.84. The molecule has 5 heteroatoms. The van der Waals surface area contributed by atoms with Crippen LogP contribution in [-0.4, -0.2) is 23.9 Å². The van der Waals surface area contributed by atoms with Crippen LogP contribution in [0, 0.1) is 6.92 Å². The number of anilines is 1. The van der Waals surface area contributed by atoms with Crippen molar-refractivity contribution in [3.63, 3.8) is 0 Å². The van der Waals surface area contributed by atoms with E-state index in [2.05, 4.69) is 34.3 Å². The van der Waals surface area contributed by atoms with Crippen molar-refractivity contribution in [3.05, 3.63) is 30.1 Å². The van der Waals surface area contributed by atoms with Gasteiger partial charge < -0.3 is 17.5 Å². The number of aromatic nitrogens is 3. The zero-order valence-electron chi connectivity index (χ0n) is 10.5. The van der Waals surface area contributed by atoms with Gasteiger partial charge in [-0.25, -0.2) is 4.57 Å². The summed E-state index contributed by atoms with van der Waals surface area (Å²) < 4.78 is 3.76. The van der Waals surface area contributed by atoms with Crippen LogP contribution in [-0.2, 0) is 19.7 Å². The molecule has 0 spiro atoms. The Morgan fingerprint density at radius 1 is 1.24 bits per heavy atom. The Balaban J connectivity index is 2.47. The molecule has 1 aromatic carbocycles. The fourth-order valence-electron chi connectivity index (χ4n) is 1.73. The van der Waals surface area contributed by atoms with Crippen molar-refractivity contribution in [2.45, 2.75) is 12.1 Å². The van der Waals surface area contributed by atoms with Crippen molar-refractivity contribution in [1.29, 1.82) is 0 Å². The summed E-state index contributed by atoms with van der Waals surface area (Å²) in [5.41, 5.74) is 2.22. The average molecular weight is 248 g/mol. The summed E-state index contributed by atoms with van der Waals surface area (Å²) in [4.78, 5) is 2.07. The number of aryl methyl sites for hydroxylation is 1. The van der Waals surface area contributed by atoms with E-state index in [0.29, 0.717) is 5.16 Å². The molecule has 0 aliphatic rings. The van der Waals surface area contributed by atoms with Crippen molar-refractivity contribution in [2.24, 2.45) is 7.05 Å². The lowest BCUT2D eigenvalue weighted by molar-refractivity contribution is -0.643. The third-order valence-corrected chi connectivity index (χ3v) is 3.11. The predicted molar refractivity (Wildman–Crippen MR) is 69.4 cm³/mol. The predicted octanol–water partition coefficient (Wildman–Crippen LogP) is 0.977. The molecule has 4 nitrogen and oxygen atoms in total. The second-order valence-corrected chi connectivity index (χ2v) is 4.56. The Morgan fingerprint density at radius 3 is 2.24 bits per heavy atom. The summed E-state index contributed by atoms with van der Waals surface area (Å²) in [6, 6.07) is 8.26. The van der Waals surface area contributed by atoms with Crippen LogP contribution in [0.3, 0.4) is 0 Å². The van der Waals surface area contributed by atoms with E-state index in [4.69, 9.17) is 12.6 Å². The highest BCUT2D eigenvalue weighted by Gasteiger charge is 2.13. The highest BCUT2D eigenvalue weighted by atomic mass is 32.1. The quantitative estimate of drug-likeness (QED) is 0.585. The third kappa shape index (κ3) is 2.10. The van der Waals surface area contributed by atoms with Gasteiger partial charge in [-0.05, 0) is 24.3 Å².